The SMILES string of the molecule is Fc1ccc(Br)c(CCN2CCNCC2)c1. The van der Waals surface area contributed by atoms with E-state index in [1.807, 2.05) is 0 Å². The Hall–Kier alpha value is -0.450. The molecule has 16 heavy (non-hydrogen) atoms. The van der Waals surface area contributed by atoms with Gasteiger partial charge in [-0.05, 0) is 30.2 Å². The number of rotatable bonds is 3. The van der Waals surface area contributed by atoms with Crippen LogP contribution in [0.25, 0.3) is 0 Å². The van der Waals surface area contributed by atoms with E-state index < -0.39 is 0 Å². The van der Waals surface area contributed by atoms with Crippen molar-refractivity contribution in [3.63, 3.8) is 0 Å². The van der Waals surface area contributed by atoms with Gasteiger partial charge in [-0.3, -0.25) is 0 Å². The topological polar surface area (TPSA) is 15.3 Å². The zero-order valence-corrected chi connectivity index (χ0v) is 10.8. The number of hydrogen-bond donors (Lipinski definition) is 1. The van der Waals surface area contributed by atoms with Gasteiger partial charge in [-0.1, -0.05) is 15.9 Å². The number of hydrogen-bond acceptors (Lipinski definition) is 2. The van der Waals surface area contributed by atoms with Crippen LogP contribution >= 0.6 is 15.9 Å². The highest BCUT2D eigenvalue weighted by molar-refractivity contribution is 9.10. The predicted octanol–water partition coefficient (Wildman–Crippen LogP) is 2.04. The van der Waals surface area contributed by atoms with Gasteiger partial charge < -0.3 is 10.2 Å². The summed E-state index contributed by atoms with van der Waals surface area (Å²) in [6, 6.07) is 4.88. The van der Waals surface area contributed by atoms with Crippen LogP contribution in [0.5, 0.6) is 0 Å². The molecule has 0 radical (unpaired) electrons. The Kier molecular flexibility index (Phi) is 4.32. The normalized spacial score (nSPS) is 17.6. The van der Waals surface area contributed by atoms with Crippen LogP contribution in [0, 0.1) is 5.82 Å². The summed E-state index contributed by atoms with van der Waals surface area (Å²) in [5.74, 6) is -0.154. The largest absolute Gasteiger partial charge is 0.314 e. The maximum Gasteiger partial charge on any atom is 0.123 e. The molecule has 1 heterocycles. The molecule has 88 valence electrons. The number of halogens is 2. The van der Waals surface area contributed by atoms with E-state index in [9.17, 15) is 4.39 Å². The fourth-order valence-corrected chi connectivity index (χ4v) is 2.39. The molecule has 0 unspecified atom stereocenters. The van der Waals surface area contributed by atoms with E-state index in [1.54, 1.807) is 12.1 Å². The van der Waals surface area contributed by atoms with Gasteiger partial charge in [-0.2, -0.15) is 0 Å². The average molecular weight is 287 g/mol. The molecule has 0 aliphatic carbocycles. The van der Waals surface area contributed by atoms with E-state index >= 15 is 0 Å². The molecule has 0 saturated carbocycles. The summed E-state index contributed by atoms with van der Waals surface area (Å²) < 4.78 is 14.1. The predicted molar refractivity (Wildman–Crippen MR) is 67.1 cm³/mol. The van der Waals surface area contributed by atoms with Gasteiger partial charge in [0.25, 0.3) is 0 Å². The summed E-state index contributed by atoms with van der Waals surface area (Å²) in [6.45, 7) is 5.30. The molecule has 2 rings (SSSR count). The minimum Gasteiger partial charge on any atom is -0.314 e. The zero-order chi connectivity index (χ0) is 11.4. The molecule has 1 fully saturated rings. The molecular formula is C12H16BrFN2. The van der Waals surface area contributed by atoms with E-state index in [4.69, 9.17) is 0 Å². The van der Waals surface area contributed by atoms with Crippen LogP contribution in [0.3, 0.4) is 0 Å². The molecule has 1 N–H and O–H groups in total. The maximum absolute atomic E-state index is 13.1. The Bertz CT molecular complexity index is 351. The van der Waals surface area contributed by atoms with Crippen molar-refractivity contribution >= 4 is 15.9 Å². The minimum atomic E-state index is -0.154. The molecular weight excluding hydrogens is 271 g/mol. The van der Waals surface area contributed by atoms with Gasteiger partial charge in [0.1, 0.15) is 5.82 Å². The third-order valence-electron chi connectivity index (χ3n) is 2.91. The van der Waals surface area contributed by atoms with E-state index in [-0.39, 0.29) is 5.82 Å². The van der Waals surface area contributed by atoms with Crippen molar-refractivity contribution in [2.24, 2.45) is 0 Å². The van der Waals surface area contributed by atoms with Crippen LogP contribution in [-0.2, 0) is 6.42 Å². The van der Waals surface area contributed by atoms with Gasteiger partial charge in [-0.15, -0.1) is 0 Å². The van der Waals surface area contributed by atoms with E-state index in [0.29, 0.717) is 0 Å². The van der Waals surface area contributed by atoms with Crippen molar-refractivity contribution in [3.05, 3.63) is 34.1 Å². The molecule has 0 atom stereocenters. The molecule has 0 bridgehead atoms. The van der Waals surface area contributed by atoms with Crippen LogP contribution in [-0.4, -0.2) is 37.6 Å². The lowest BCUT2D eigenvalue weighted by Crippen LogP contribution is -2.44. The molecule has 1 aromatic rings. The second-order valence-electron chi connectivity index (χ2n) is 4.08. The summed E-state index contributed by atoms with van der Waals surface area (Å²) in [5.41, 5.74) is 1.05. The molecule has 1 aliphatic rings. The highest BCUT2D eigenvalue weighted by atomic mass is 79.9. The third kappa shape index (κ3) is 3.27. The lowest BCUT2D eigenvalue weighted by atomic mass is 10.1. The molecule has 0 amide bonds. The van der Waals surface area contributed by atoms with Gasteiger partial charge in [0, 0.05) is 37.2 Å². The van der Waals surface area contributed by atoms with Crippen molar-refractivity contribution < 1.29 is 4.39 Å². The highest BCUT2D eigenvalue weighted by Gasteiger charge is 2.10. The van der Waals surface area contributed by atoms with Gasteiger partial charge >= 0.3 is 0 Å². The smallest absolute Gasteiger partial charge is 0.123 e. The summed E-state index contributed by atoms with van der Waals surface area (Å²) in [5, 5.41) is 3.32. The van der Waals surface area contributed by atoms with E-state index in [1.165, 1.54) is 6.07 Å². The standard InChI is InChI=1S/C12H16BrFN2/c13-12-2-1-11(14)9-10(12)3-6-16-7-4-15-5-8-16/h1-2,9,15H,3-8H2. The fraction of sp³-hybridized carbons (Fsp3) is 0.500. The first-order valence-electron chi connectivity index (χ1n) is 5.63. The van der Waals surface area contributed by atoms with E-state index in [0.717, 1.165) is 49.2 Å². The van der Waals surface area contributed by atoms with Crippen molar-refractivity contribution in [3.8, 4) is 0 Å². The Morgan fingerprint density at radius 2 is 2.06 bits per heavy atom. The quantitative estimate of drug-likeness (QED) is 0.915. The first-order chi connectivity index (χ1) is 7.75. The monoisotopic (exact) mass is 286 g/mol. The summed E-state index contributed by atoms with van der Waals surface area (Å²) in [7, 11) is 0. The highest BCUT2D eigenvalue weighted by Crippen LogP contribution is 2.18. The molecule has 0 aromatic heterocycles. The Labute approximate surface area is 104 Å². The second kappa shape index (κ2) is 5.75. The average Bonchev–Trinajstić information content (AvgIpc) is 2.32. The molecule has 2 nitrogen and oxygen atoms in total. The van der Waals surface area contributed by atoms with Crippen LogP contribution in [0.2, 0.25) is 0 Å². The van der Waals surface area contributed by atoms with Crippen molar-refractivity contribution in [2.75, 3.05) is 32.7 Å². The summed E-state index contributed by atoms with van der Waals surface area (Å²) >= 11 is 3.46. The van der Waals surface area contributed by atoms with Crippen LogP contribution in [0.1, 0.15) is 5.56 Å². The number of benzene rings is 1. The molecule has 1 saturated heterocycles. The van der Waals surface area contributed by atoms with E-state index in [2.05, 4.69) is 26.1 Å². The van der Waals surface area contributed by atoms with Gasteiger partial charge in [0.15, 0.2) is 0 Å². The number of piperazine rings is 1. The fourth-order valence-electron chi connectivity index (χ4n) is 1.95. The number of nitrogens with one attached hydrogen (secondary N) is 1. The van der Waals surface area contributed by atoms with Crippen LogP contribution < -0.4 is 5.32 Å². The molecule has 4 heteroatoms. The van der Waals surface area contributed by atoms with Gasteiger partial charge in [0.05, 0.1) is 0 Å². The minimum absolute atomic E-state index is 0.154. The van der Waals surface area contributed by atoms with Gasteiger partial charge in [-0.25, -0.2) is 4.39 Å². The Morgan fingerprint density at radius 3 is 2.81 bits per heavy atom. The Morgan fingerprint density at radius 1 is 1.31 bits per heavy atom. The summed E-state index contributed by atoms with van der Waals surface area (Å²) in [4.78, 5) is 2.41. The van der Waals surface area contributed by atoms with Crippen molar-refractivity contribution in [2.45, 2.75) is 6.42 Å². The van der Waals surface area contributed by atoms with Crippen LogP contribution in [0.4, 0.5) is 4.39 Å². The summed E-state index contributed by atoms with van der Waals surface area (Å²) in [6.07, 6.45) is 0.901. The maximum atomic E-state index is 13.1. The lowest BCUT2D eigenvalue weighted by molar-refractivity contribution is 0.243. The first-order valence-corrected chi connectivity index (χ1v) is 6.42. The molecule has 1 aliphatic heterocycles. The van der Waals surface area contributed by atoms with Crippen molar-refractivity contribution in [1.82, 2.24) is 10.2 Å². The number of nitrogens with zero attached hydrogens (tertiary/aromatic N) is 1. The zero-order valence-electron chi connectivity index (χ0n) is 9.18. The lowest BCUT2D eigenvalue weighted by Gasteiger charge is -2.27. The third-order valence-corrected chi connectivity index (χ3v) is 3.69. The molecule has 0 spiro atoms. The second-order valence-corrected chi connectivity index (χ2v) is 4.93. The first kappa shape index (κ1) is 12.0. The van der Waals surface area contributed by atoms with Crippen LogP contribution in [0.15, 0.2) is 22.7 Å². The van der Waals surface area contributed by atoms with Gasteiger partial charge in [0.2, 0.25) is 0 Å². The van der Waals surface area contributed by atoms with Crippen molar-refractivity contribution in [1.29, 1.82) is 0 Å². The molecule has 1 aromatic carbocycles. The Balaban J connectivity index is 1.90.